The van der Waals surface area contributed by atoms with E-state index in [1.54, 1.807) is 0 Å². The van der Waals surface area contributed by atoms with Gasteiger partial charge in [0.05, 0.1) is 5.92 Å². The fourth-order valence-corrected chi connectivity index (χ4v) is 2.46. The zero-order valence-corrected chi connectivity index (χ0v) is 9.73. The molecule has 0 bridgehead atoms. The molecule has 0 spiro atoms. The summed E-state index contributed by atoms with van der Waals surface area (Å²) in [5.74, 6) is -0.938. The van der Waals surface area contributed by atoms with E-state index >= 15 is 0 Å². The van der Waals surface area contributed by atoms with E-state index in [-0.39, 0.29) is 11.8 Å². The number of rotatable bonds is 3. The highest BCUT2D eigenvalue weighted by molar-refractivity contribution is 5.71. The zero-order valence-electron chi connectivity index (χ0n) is 9.73. The van der Waals surface area contributed by atoms with Crippen molar-refractivity contribution >= 4 is 5.97 Å². The van der Waals surface area contributed by atoms with Gasteiger partial charge in [-0.05, 0) is 24.1 Å². The Balaban J connectivity index is 2.26. The van der Waals surface area contributed by atoms with Gasteiger partial charge < -0.3 is 16.2 Å². The van der Waals surface area contributed by atoms with Gasteiger partial charge in [0.1, 0.15) is 0 Å². The molecule has 17 heavy (non-hydrogen) atoms. The molecule has 0 aliphatic carbocycles. The quantitative estimate of drug-likeness (QED) is 0.727. The molecule has 1 heterocycles. The normalized spacial score (nSPS) is 24.5. The molecule has 0 saturated carbocycles. The highest BCUT2D eigenvalue weighted by atomic mass is 16.4. The van der Waals surface area contributed by atoms with Crippen molar-refractivity contribution in [2.75, 3.05) is 13.1 Å². The number of carbonyl (C=O) groups is 1. The Hall–Kier alpha value is -1.39. The van der Waals surface area contributed by atoms with Crippen molar-refractivity contribution in [1.82, 2.24) is 5.32 Å². The van der Waals surface area contributed by atoms with Crippen LogP contribution in [0.25, 0.3) is 0 Å². The molecule has 0 radical (unpaired) electrons. The largest absolute Gasteiger partial charge is 0.481 e. The number of aliphatic carboxylic acids is 1. The second-order valence-electron chi connectivity index (χ2n) is 4.49. The minimum Gasteiger partial charge on any atom is -0.481 e. The lowest BCUT2D eigenvalue weighted by Gasteiger charge is -2.29. The van der Waals surface area contributed by atoms with Gasteiger partial charge in [-0.1, -0.05) is 24.3 Å². The molecule has 2 rings (SSSR count). The van der Waals surface area contributed by atoms with E-state index < -0.39 is 5.97 Å². The van der Waals surface area contributed by atoms with Crippen LogP contribution in [-0.4, -0.2) is 24.2 Å². The van der Waals surface area contributed by atoms with E-state index in [1.807, 2.05) is 24.3 Å². The van der Waals surface area contributed by atoms with Gasteiger partial charge >= 0.3 is 5.97 Å². The number of carboxylic acid groups (broad SMARTS) is 1. The molecule has 2 unspecified atom stereocenters. The molecule has 0 amide bonds. The van der Waals surface area contributed by atoms with E-state index in [4.69, 9.17) is 5.73 Å². The second-order valence-corrected chi connectivity index (χ2v) is 4.49. The molecule has 4 N–H and O–H groups in total. The van der Waals surface area contributed by atoms with Crippen LogP contribution in [0.15, 0.2) is 24.3 Å². The molecule has 0 aromatic heterocycles. The van der Waals surface area contributed by atoms with Gasteiger partial charge in [-0.25, -0.2) is 0 Å². The fourth-order valence-electron chi connectivity index (χ4n) is 2.46. The third-order valence-corrected chi connectivity index (χ3v) is 3.41. The monoisotopic (exact) mass is 234 g/mol. The van der Waals surface area contributed by atoms with Crippen LogP contribution in [0.2, 0.25) is 0 Å². The lowest BCUT2D eigenvalue weighted by molar-refractivity contribution is -0.143. The van der Waals surface area contributed by atoms with E-state index in [2.05, 4.69) is 5.32 Å². The predicted octanol–water partition coefficient (Wildman–Crippen LogP) is 0.923. The molecular weight excluding hydrogens is 216 g/mol. The smallest absolute Gasteiger partial charge is 0.307 e. The van der Waals surface area contributed by atoms with Crippen molar-refractivity contribution in [3.8, 4) is 0 Å². The topological polar surface area (TPSA) is 75.3 Å². The van der Waals surface area contributed by atoms with Gasteiger partial charge in [0.2, 0.25) is 0 Å². The Morgan fingerprint density at radius 2 is 2.35 bits per heavy atom. The Bertz CT molecular complexity index is 406. The minimum atomic E-state index is -0.699. The average molecular weight is 234 g/mol. The summed E-state index contributed by atoms with van der Waals surface area (Å²) in [6.07, 6.45) is 0.687. The van der Waals surface area contributed by atoms with E-state index in [0.29, 0.717) is 13.0 Å². The van der Waals surface area contributed by atoms with Crippen LogP contribution in [0, 0.1) is 5.92 Å². The lowest BCUT2D eigenvalue weighted by Crippen LogP contribution is -2.38. The van der Waals surface area contributed by atoms with Gasteiger partial charge in [-0.15, -0.1) is 0 Å². The Morgan fingerprint density at radius 3 is 3.06 bits per heavy atom. The molecule has 4 nitrogen and oxygen atoms in total. The minimum absolute atomic E-state index is 0.0488. The van der Waals surface area contributed by atoms with Crippen molar-refractivity contribution in [3.63, 3.8) is 0 Å². The molecule has 1 saturated heterocycles. The Morgan fingerprint density at radius 1 is 1.53 bits per heavy atom. The van der Waals surface area contributed by atoms with Crippen molar-refractivity contribution in [2.24, 2.45) is 11.7 Å². The van der Waals surface area contributed by atoms with Gasteiger partial charge in [0, 0.05) is 19.0 Å². The van der Waals surface area contributed by atoms with Crippen molar-refractivity contribution in [2.45, 2.75) is 18.9 Å². The summed E-state index contributed by atoms with van der Waals surface area (Å²) in [4.78, 5) is 11.2. The number of benzene rings is 1. The van der Waals surface area contributed by atoms with E-state index in [9.17, 15) is 9.90 Å². The standard InChI is InChI=1S/C13H18N2O2/c14-7-9-2-1-3-10(6-9)12-8-15-5-4-11(12)13(16)17/h1-3,6,11-12,15H,4-5,7-8,14H2,(H,16,17). The van der Waals surface area contributed by atoms with Gasteiger partial charge in [0.25, 0.3) is 0 Å². The fraction of sp³-hybridized carbons (Fsp3) is 0.462. The van der Waals surface area contributed by atoms with Crippen LogP contribution in [0.3, 0.4) is 0 Å². The molecule has 1 aromatic rings. The molecular formula is C13H18N2O2. The van der Waals surface area contributed by atoms with Crippen LogP contribution in [0.5, 0.6) is 0 Å². The molecule has 2 atom stereocenters. The number of carboxylic acids is 1. The van der Waals surface area contributed by atoms with Crippen molar-refractivity contribution in [1.29, 1.82) is 0 Å². The SMILES string of the molecule is NCc1cccc(C2CNCCC2C(=O)O)c1. The molecule has 92 valence electrons. The Labute approximate surface area is 101 Å². The average Bonchev–Trinajstić information content (AvgIpc) is 2.39. The number of hydrogen-bond donors (Lipinski definition) is 3. The molecule has 1 fully saturated rings. The van der Waals surface area contributed by atoms with Crippen LogP contribution in [0.4, 0.5) is 0 Å². The van der Waals surface area contributed by atoms with Crippen LogP contribution in [-0.2, 0) is 11.3 Å². The predicted molar refractivity (Wildman–Crippen MR) is 65.7 cm³/mol. The summed E-state index contributed by atoms with van der Waals surface area (Å²) < 4.78 is 0. The number of nitrogens with one attached hydrogen (secondary N) is 1. The van der Waals surface area contributed by atoms with Crippen LogP contribution >= 0.6 is 0 Å². The summed E-state index contributed by atoms with van der Waals surface area (Å²) in [6, 6.07) is 7.93. The summed E-state index contributed by atoms with van der Waals surface area (Å²) in [7, 11) is 0. The summed E-state index contributed by atoms with van der Waals surface area (Å²) >= 11 is 0. The maximum absolute atomic E-state index is 11.2. The summed E-state index contributed by atoms with van der Waals surface area (Å²) in [5.41, 5.74) is 7.74. The summed E-state index contributed by atoms with van der Waals surface area (Å²) in [6.45, 7) is 2.00. The van der Waals surface area contributed by atoms with Crippen LogP contribution < -0.4 is 11.1 Å². The van der Waals surface area contributed by atoms with Crippen molar-refractivity contribution in [3.05, 3.63) is 35.4 Å². The molecule has 1 aliphatic heterocycles. The Kier molecular flexibility index (Phi) is 3.76. The highest BCUT2D eigenvalue weighted by Crippen LogP contribution is 2.29. The molecule has 1 aromatic carbocycles. The number of piperidine rings is 1. The molecule has 1 aliphatic rings. The second kappa shape index (κ2) is 5.29. The highest BCUT2D eigenvalue weighted by Gasteiger charge is 2.31. The third-order valence-electron chi connectivity index (χ3n) is 3.41. The number of hydrogen-bond acceptors (Lipinski definition) is 3. The zero-order chi connectivity index (χ0) is 12.3. The summed E-state index contributed by atoms with van der Waals surface area (Å²) in [5, 5.41) is 12.5. The van der Waals surface area contributed by atoms with E-state index in [1.165, 1.54) is 0 Å². The van der Waals surface area contributed by atoms with Crippen molar-refractivity contribution < 1.29 is 9.90 Å². The van der Waals surface area contributed by atoms with E-state index in [0.717, 1.165) is 24.2 Å². The first-order valence-corrected chi connectivity index (χ1v) is 5.95. The first kappa shape index (κ1) is 12.1. The lowest BCUT2D eigenvalue weighted by atomic mass is 9.81. The number of nitrogens with two attached hydrogens (primary N) is 1. The van der Waals surface area contributed by atoms with Gasteiger partial charge in [0.15, 0.2) is 0 Å². The third kappa shape index (κ3) is 2.65. The first-order valence-electron chi connectivity index (χ1n) is 5.95. The van der Waals surface area contributed by atoms with Gasteiger partial charge in [-0.3, -0.25) is 4.79 Å². The first-order chi connectivity index (χ1) is 8.22. The van der Waals surface area contributed by atoms with Gasteiger partial charge in [-0.2, -0.15) is 0 Å². The maximum atomic E-state index is 11.2. The van der Waals surface area contributed by atoms with Crippen LogP contribution in [0.1, 0.15) is 23.5 Å². The molecule has 4 heteroatoms. The maximum Gasteiger partial charge on any atom is 0.307 e.